The first kappa shape index (κ1) is 15.6. The third kappa shape index (κ3) is 3.22. The highest BCUT2D eigenvalue weighted by molar-refractivity contribution is 5.80. The first-order chi connectivity index (χ1) is 11.2. The molecule has 1 aromatic carbocycles. The van der Waals surface area contributed by atoms with E-state index in [1.165, 1.54) is 0 Å². The van der Waals surface area contributed by atoms with Gasteiger partial charge in [-0.15, -0.1) is 0 Å². The van der Waals surface area contributed by atoms with Crippen molar-refractivity contribution in [2.45, 2.75) is 12.5 Å². The Labute approximate surface area is 136 Å². The van der Waals surface area contributed by atoms with Gasteiger partial charge >= 0.3 is 0 Å². The number of rotatable bonds is 4. The summed E-state index contributed by atoms with van der Waals surface area (Å²) in [6, 6.07) is 7.63. The number of nitrogens with one attached hydrogen (secondary N) is 1. The highest BCUT2D eigenvalue weighted by atomic mass is 16.5. The Bertz CT molecular complexity index is 683. The van der Waals surface area contributed by atoms with Gasteiger partial charge in [-0.3, -0.25) is 4.79 Å². The number of amides is 1. The summed E-state index contributed by atoms with van der Waals surface area (Å²) in [5.41, 5.74) is 0.914. The number of piperazine rings is 1. The highest BCUT2D eigenvalue weighted by Gasteiger charge is 2.30. The smallest absolute Gasteiger partial charge is 0.227 e. The number of hydrogen-bond acceptors (Lipinski definition) is 4. The van der Waals surface area contributed by atoms with Crippen LogP contribution in [0, 0.1) is 0 Å². The summed E-state index contributed by atoms with van der Waals surface area (Å²) < 4.78 is 7.33. The summed E-state index contributed by atoms with van der Waals surface area (Å²) in [6.45, 7) is 2.21. The summed E-state index contributed by atoms with van der Waals surface area (Å²) in [5.74, 6) is 1.76. The fourth-order valence-electron chi connectivity index (χ4n) is 3.05. The molecule has 0 bridgehead atoms. The Balaban J connectivity index is 1.80. The molecule has 1 aromatic heterocycles. The molecule has 2 heterocycles. The van der Waals surface area contributed by atoms with E-state index in [9.17, 15) is 4.79 Å². The van der Waals surface area contributed by atoms with Gasteiger partial charge in [0.15, 0.2) is 0 Å². The quantitative estimate of drug-likeness (QED) is 0.919. The molecular weight excluding hydrogens is 292 g/mol. The number of hydrogen-bond donors (Lipinski definition) is 1. The highest BCUT2D eigenvalue weighted by Crippen LogP contribution is 2.24. The normalized spacial score (nSPS) is 18.0. The van der Waals surface area contributed by atoms with Crippen LogP contribution in [0.4, 0.5) is 0 Å². The topological polar surface area (TPSA) is 59.4 Å². The van der Waals surface area contributed by atoms with Crippen LogP contribution in [0.15, 0.2) is 36.7 Å². The summed E-state index contributed by atoms with van der Waals surface area (Å²) in [7, 11) is 3.59. The van der Waals surface area contributed by atoms with Crippen molar-refractivity contribution >= 4 is 5.91 Å². The van der Waals surface area contributed by atoms with Gasteiger partial charge in [0, 0.05) is 44.6 Å². The molecule has 1 atom stereocenters. The summed E-state index contributed by atoms with van der Waals surface area (Å²) in [4.78, 5) is 19.2. The molecule has 122 valence electrons. The van der Waals surface area contributed by atoms with Crippen LogP contribution in [0.2, 0.25) is 0 Å². The Morgan fingerprint density at radius 1 is 1.43 bits per heavy atom. The molecule has 1 saturated heterocycles. The van der Waals surface area contributed by atoms with Crippen LogP contribution in [0.5, 0.6) is 5.75 Å². The van der Waals surface area contributed by atoms with E-state index in [1.807, 2.05) is 47.0 Å². The maximum atomic E-state index is 12.9. The molecule has 0 aliphatic carbocycles. The van der Waals surface area contributed by atoms with Crippen LogP contribution < -0.4 is 10.1 Å². The number of benzene rings is 1. The van der Waals surface area contributed by atoms with E-state index in [0.29, 0.717) is 13.0 Å². The lowest BCUT2D eigenvalue weighted by Crippen LogP contribution is -2.49. The summed E-state index contributed by atoms with van der Waals surface area (Å²) in [6.07, 6.45) is 4.02. The molecule has 1 aliphatic heterocycles. The molecule has 1 aliphatic rings. The summed E-state index contributed by atoms with van der Waals surface area (Å²) in [5, 5.41) is 3.35. The van der Waals surface area contributed by atoms with E-state index in [2.05, 4.69) is 10.3 Å². The number of nitrogens with zero attached hydrogens (tertiary/aromatic N) is 3. The molecule has 1 unspecified atom stereocenters. The van der Waals surface area contributed by atoms with Crippen molar-refractivity contribution < 1.29 is 9.53 Å². The van der Waals surface area contributed by atoms with Crippen molar-refractivity contribution in [1.82, 2.24) is 19.8 Å². The van der Waals surface area contributed by atoms with Crippen molar-refractivity contribution in [1.29, 1.82) is 0 Å². The van der Waals surface area contributed by atoms with Gasteiger partial charge in [0.1, 0.15) is 17.6 Å². The zero-order valence-electron chi connectivity index (χ0n) is 13.5. The number of ether oxygens (including phenoxy) is 1. The first-order valence-electron chi connectivity index (χ1n) is 7.80. The lowest BCUT2D eigenvalue weighted by molar-refractivity contribution is -0.134. The van der Waals surface area contributed by atoms with Gasteiger partial charge in [0.25, 0.3) is 0 Å². The fraction of sp³-hybridized carbons (Fsp3) is 0.412. The SMILES string of the molecule is COc1ccccc1CC(=O)N1CCNCC1c1nccn1C. The molecule has 0 radical (unpaired) electrons. The van der Waals surface area contributed by atoms with Crippen molar-refractivity contribution in [2.24, 2.45) is 7.05 Å². The molecular formula is C17H22N4O2. The second-order valence-electron chi connectivity index (χ2n) is 5.69. The van der Waals surface area contributed by atoms with Crippen molar-refractivity contribution in [3.63, 3.8) is 0 Å². The number of aromatic nitrogens is 2. The minimum absolute atomic E-state index is 0.0362. The lowest BCUT2D eigenvalue weighted by atomic mass is 10.1. The molecule has 0 spiro atoms. The molecule has 0 saturated carbocycles. The first-order valence-corrected chi connectivity index (χ1v) is 7.80. The van der Waals surface area contributed by atoms with Gasteiger partial charge < -0.3 is 19.5 Å². The Morgan fingerprint density at radius 3 is 3.00 bits per heavy atom. The van der Waals surface area contributed by atoms with E-state index >= 15 is 0 Å². The van der Waals surface area contributed by atoms with E-state index in [4.69, 9.17) is 4.74 Å². The molecule has 3 rings (SSSR count). The number of aryl methyl sites for hydroxylation is 1. The molecule has 6 nitrogen and oxygen atoms in total. The Kier molecular flexibility index (Phi) is 4.62. The molecule has 23 heavy (non-hydrogen) atoms. The van der Waals surface area contributed by atoms with Gasteiger partial charge in [0.05, 0.1) is 13.5 Å². The van der Waals surface area contributed by atoms with E-state index < -0.39 is 0 Å². The number of carbonyl (C=O) groups excluding carboxylic acids is 1. The Hall–Kier alpha value is -2.34. The predicted octanol–water partition coefficient (Wildman–Crippen LogP) is 1.14. The second-order valence-corrected chi connectivity index (χ2v) is 5.69. The average molecular weight is 314 g/mol. The maximum absolute atomic E-state index is 12.9. The number of methoxy groups -OCH3 is 1. The van der Waals surface area contributed by atoms with Crippen LogP contribution in [0.1, 0.15) is 17.4 Å². The van der Waals surface area contributed by atoms with Crippen LogP contribution in [0.3, 0.4) is 0 Å². The van der Waals surface area contributed by atoms with Gasteiger partial charge in [0.2, 0.25) is 5.91 Å². The van der Waals surface area contributed by atoms with Gasteiger partial charge in [-0.25, -0.2) is 4.98 Å². The van der Waals surface area contributed by atoms with E-state index in [-0.39, 0.29) is 11.9 Å². The molecule has 1 N–H and O–H groups in total. The average Bonchev–Trinajstić information content (AvgIpc) is 3.01. The van der Waals surface area contributed by atoms with E-state index in [0.717, 1.165) is 30.2 Å². The van der Waals surface area contributed by atoms with Gasteiger partial charge in [-0.05, 0) is 6.07 Å². The maximum Gasteiger partial charge on any atom is 0.227 e. The standard InChI is InChI=1S/C17H22N4O2/c1-20-9-8-19-17(20)14-12-18-7-10-21(14)16(22)11-13-5-3-4-6-15(13)23-2/h3-6,8-9,14,18H,7,10-12H2,1-2H3. The predicted molar refractivity (Wildman–Crippen MR) is 87.2 cm³/mol. The van der Waals surface area contributed by atoms with Crippen LogP contribution in [-0.4, -0.2) is 47.1 Å². The molecule has 1 amide bonds. The van der Waals surface area contributed by atoms with Crippen LogP contribution in [0.25, 0.3) is 0 Å². The number of imidazole rings is 1. The Morgan fingerprint density at radius 2 is 2.26 bits per heavy atom. The fourth-order valence-corrected chi connectivity index (χ4v) is 3.05. The zero-order valence-corrected chi connectivity index (χ0v) is 13.5. The lowest BCUT2D eigenvalue weighted by Gasteiger charge is -2.36. The minimum Gasteiger partial charge on any atom is -0.496 e. The van der Waals surface area contributed by atoms with Crippen molar-refractivity contribution in [2.75, 3.05) is 26.7 Å². The third-order valence-electron chi connectivity index (χ3n) is 4.25. The number of carbonyl (C=O) groups is 1. The zero-order chi connectivity index (χ0) is 16.2. The van der Waals surface area contributed by atoms with Gasteiger partial charge in [-0.2, -0.15) is 0 Å². The molecule has 1 fully saturated rings. The molecule has 2 aromatic rings. The van der Waals surface area contributed by atoms with Gasteiger partial charge in [-0.1, -0.05) is 18.2 Å². The van der Waals surface area contributed by atoms with Crippen LogP contribution in [-0.2, 0) is 18.3 Å². The number of para-hydroxylation sites is 1. The molecule has 6 heteroatoms. The summed E-state index contributed by atoms with van der Waals surface area (Å²) >= 11 is 0. The minimum atomic E-state index is -0.0362. The van der Waals surface area contributed by atoms with Crippen molar-refractivity contribution in [3.05, 3.63) is 48.0 Å². The van der Waals surface area contributed by atoms with Crippen molar-refractivity contribution in [3.8, 4) is 5.75 Å². The second kappa shape index (κ2) is 6.83. The largest absolute Gasteiger partial charge is 0.496 e. The van der Waals surface area contributed by atoms with E-state index in [1.54, 1.807) is 13.3 Å². The van der Waals surface area contributed by atoms with Crippen LogP contribution >= 0.6 is 0 Å². The monoisotopic (exact) mass is 314 g/mol. The third-order valence-corrected chi connectivity index (χ3v) is 4.25.